The van der Waals surface area contributed by atoms with E-state index in [1.165, 1.54) is 46.9 Å². The van der Waals surface area contributed by atoms with Crippen molar-refractivity contribution in [3.8, 4) is 6.07 Å². The Morgan fingerprint density at radius 3 is 2.89 bits per heavy atom. The zero-order chi connectivity index (χ0) is 31.6. The van der Waals surface area contributed by atoms with Crippen molar-refractivity contribution >= 4 is 17.2 Å². The number of benzene rings is 1. The summed E-state index contributed by atoms with van der Waals surface area (Å²) >= 11 is 0. The van der Waals surface area contributed by atoms with E-state index in [2.05, 4.69) is 78.6 Å². The summed E-state index contributed by atoms with van der Waals surface area (Å²) in [5, 5.41) is 9.31. The predicted molar refractivity (Wildman–Crippen MR) is 183 cm³/mol. The van der Waals surface area contributed by atoms with Gasteiger partial charge in [0.2, 0.25) is 0 Å². The van der Waals surface area contributed by atoms with E-state index in [-0.39, 0.29) is 5.78 Å². The molecule has 3 aliphatic heterocycles. The number of likely N-dealkylation sites (tertiary alicyclic amines) is 1. The number of fused-ring (bicyclic) bond motifs is 1. The monoisotopic (exact) mass is 606 g/mol. The molecule has 1 fully saturated rings. The van der Waals surface area contributed by atoms with Crippen LogP contribution in [0.5, 0.6) is 0 Å². The number of hydrogen-bond acceptors (Lipinski definition) is 6. The van der Waals surface area contributed by atoms with Crippen LogP contribution in [0.4, 0.5) is 5.69 Å². The molecule has 0 saturated carbocycles. The number of para-hydroxylation sites is 1. The van der Waals surface area contributed by atoms with E-state index in [0.29, 0.717) is 43.3 Å². The zero-order valence-electron chi connectivity index (χ0n) is 27.4. The number of aliphatic imine (C=N–C) groups is 1. The first-order chi connectivity index (χ1) is 22.0. The van der Waals surface area contributed by atoms with Crippen molar-refractivity contribution in [1.29, 1.82) is 5.26 Å². The number of ketones is 1. The third-order valence-corrected chi connectivity index (χ3v) is 10.0. The van der Waals surface area contributed by atoms with Gasteiger partial charge in [0.15, 0.2) is 5.78 Å². The molecule has 0 radical (unpaired) electrons. The van der Waals surface area contributed by atoms with Crippen molar-refractivity contribution in [3.05, 3.63) is 83.0 Å². The molecule has 1 aliphatic carbocycles. The fraction of sp³-hybridized carbons (Fsp3) is 0.538. The Morgan fingerprint density at radius 1 is 1.22 bits per heavy atom. The van der Waals surface area contributed by atoms with Gasteiger partial charge in [0, 0.05) is 37.2 Å². The van der Waals surface area contributed by atoms with Crippen LogP contribution in [0.3, 0.4) is 0 Å². The second-order valence-electron chi connectivity index (χ2n) is 13.3. The first-order valence-electron chi connectivity index (χ1n) is 17.1. The van der Waals surface area contributed by atoms with Crippen molar-refractivity contribution in [2.45, 2.75) is 102 Å². The minimum absolute atomic E-state index is 0.0849. The van der Waals surface area contributed by atoms with Crippen molar-refractivity contribution in [3.63, 3.8) is 0 Å². The summed E-state index contributed by atoms with van der Waals surface area (Å²) in [7, 11) is 2.17. The van der Waals surface area contributed by atoms with Crippen molar-refractivity contribution in [2.24, 2.45) is 10.9 Å². The number of hydrogen-bond donors (Lipinski definition) is 0. The van der Waals surface area contributed by atoms with E-state index in [1.54, 1.807) is 0 Å². The largest absolute Gasteiger partial charge is 0.470 e. The van der Waals surface area contributed by atoms with Crippen molar-refractivity contribution in [1.82, 2.24) is 4.90 Å². The number of carbonyl (C=O) groups is 1. The third kappa shape index (κ3) is 8.54. The molecule has 1 unspecified atom stereocenters. The second-order valence-corrected chi connectivity index (χ2v) is 13.3. The molecule has 4 aliphatic rings. The van der Waals surface area contributed by atoms with Crippen LogP contribution in [0.1, 0.15) is 89.5 Å². The molecule has 3 heterocycles. The Kier molecular flexibility index (Phi) is 11.7. The average Bonchev–Trinajstić information content (AvgIpc) is 3.38. The van der Waals surface area contributed by atoms with Crippen LogP contribution in [0.25, 0.3) is 0 Å². The second kappa shape index (κ2) is 16.1. The lowest BCUT2D eigenvalue weighted by Crippen LogP contribution is -2.41. The molecule has 0 amide bonds. The molecule has 6 nitrogen and oxygen atoms in total. The van der Waals surface area contributed by atoms with Crippen LogP contribution in [0.15, 0.2) is 82.4 Å². The smallest absolute Gasteiger partial charge is 0.260 e. The van der Waals surface area contributed by atoms with E-state index >= 15 is 0 Å². The lowest BCUT2D eigenvalue weighted by atomic mass is 9.81. The van der Waals surface area contributed by atoms with Gasteiger partial charge in [-0.2, -0.15) is 5.26 Å². The lowest BCUT2D eigenvalue weighted by molar-refractivity contribution is -0.114. The molecule has 238 valence electrons. The van der Waals surface area contributed by atoms with Crippen LogP contribution in [0.2, 0.25) is 0 Å². The number of ether oxygens (including phenoxy) is 1. The number of likely N-dealkylation sites (N-methyl/N-ethyl adjacent to an activating group) is 1. The molecular formula is C39H50N4O2. The maximum atomic E-state index is 11.9. The Bertz CT molecular complexity index is 1440. The number of nitriles is 1. The maximum Gasteiger partial charge on any atom is 0.260 e. The normalized spacial score (nSPS) is 22.5. The van der Waals surface area contributed by atoms with Gasteiger partial charge < -0.3 is 14.5 Å². The van der Waals surface area contributed by atoms with E-state index in [1.807, 2.05) is 0 Å². The van der Waals surface area contributed by atoms with Crippen LogP contribution in [-0.4, -0.2) is 55.2 Å². The van der Waals surface area contributed by atoms with Gasteiger partial charge >= 0.3 is 0 Å². The number of unbranched alkanes of at least 4 members (excludes halogenated alkanes) is 1. The van der Waals surface area contributed by atoms with Crippen molar-refractivity contribution < 1.29 is 9.53 Å². The van der Waals surface area contributed by atoms with Gasteiger partial charge in [0.1, 0.15) is 6.61 Å². The summed E-state index contributed by atoms with van der Waals surface area (Å²) in [6.45, 7) is 8.60. The molecule has 1 aromatic rings. The van der Waals surface area contributed by atoms with Gasteiger partial charge in [-0.05, 0) is 131 Å². The first-order valence-corrected chi connectivity index (χ1v) is 17.1. The molecule has 45 heavy (non-hydrogen) atoms. The Balaban J connectivity index is 1.45. The van der Waals surface area contributed by atoms with Gasteiger partial charge in [-0.15, -0.1) is 0 Å². The first kappa shape index (κ1) is 32.7. The highest BCUT2D eigenvalue weighted by atomic mass is 16.5. The van der Waals surface area contributed by atoms with E-state index in [0.717, 1.165) is 76.6 Å². The Morgan fingerprint density at radius 2 is 2.09 bits per heavy atom. The van der Waals surface area contributed by atoms with Gasteiger partial charge in [-0.25, -0.2) is 4.99 Å². The lowest BCUT2D eigenvalue weighted by Gasteiger charge is -2.40. The topological polar surface area (TPSA) is 68.9 Å². The summed E-state index contributed by atoms with van der Waals surface area (Å²) < 4.78 is 6.41. The predicted octanol–water partition coefficient (Wildman–Crippen LogP) is 8.03. The molecule has 1 saturated heterocycles. The van der Waals surface area contributed by atoms with Gasteiger partial charge in [-0.1, -0.05) is 43.5 Å². The molecule has 3 atom stereocenters. The molecule has 5 rings (SSSR count). The molecule has 0 aromatic heterocycles. The van der Waals surface area contributed by atoms with E-state index in [9.17, 15) is 10.1 Å². The van der Waals surface area contributed by atoms with Crippen molar-refractivity contribution in [2.75, 3.05) is 31.6 Å². The maximum absolute atomic E-state index is 11.9. The minimum atomic E-state index is 0.0849. The zero-order valence-corrected chi connectivity index (χ0v) is 27.4. The fourth-order valence-corrected chi connectivity index (χ4v) is 7.26. The number of rotatable bonds is 14. The van der Waals surface area contributed by atoms with Gasteiger partial charge in [-0.3, -0.25) is 4.79 Å². The number of nitrogens with zero attached hydrogens (tertiary/aromatic N) is 4. The summed E-state index contributed by atoms with van der Waals surface area (Å²) in [6, 6.07) is 12.1. The SMILES string of the molecule is C=CC(=O)CCC/C=C(/CC[C@@H](C)CC#N)C1=NC(OC[C@@H]2CCCN2C)=C=CC2=C1CCC(N1CCCc3ccccc31)C2. The highest BCUT2D eigenvalue weighted by Crippen LogP contribution is 2.38. The molecule has 6 heteroatoms. The van der Waals surface area contributed by atoms with Crippen LogP contribution in [0, 0.1) is 17.2 Å². The number of anilines is 1. The van der Waals surface area contributed by atoms with Gasteiger partial charge in [0.25, 0.3) is 5.88 Å². The number of carbonyl (C=O) groups excluding carboxylic acids is 1. The highest BCUT2D eigenvalue weighted by Gasteiger charge is 2.31. The quantitative estimate of drug-likeness (QED) is 0.122. The van der Waals surface area contributed by atoms with Gasteiger partial charge in [0.05, 0.1) is 11.8 Å². The molecule has 0 N–H and O–H groups in total. The minimum Gasteiger partial charge on any atom is -0.470 e. The summed E-state index contributed by atoms with van der Waals surface area (Å²) in [6.07, 6.45) is 17.9. The van der Waals surface area contributed by atoms with E-state index < -0.39 is 0 Å². The summed E-state index contributed by atoms with van der Waals surface area (Å²) in [4.78, 5) is 22.2. The molecule has 1 aromatic carbocycles. The Hall–Kier alpha value is -3.65. The third-order valence-electron chi connectivity index (χ3n) is 10.0. The molecule has 0 spiro atoms. The summed E-state index contributed by atoms with van der Waals surface area (Å²) in [5.41, 5.74) is 11.2. The number of allylic oxidation sites excluding steroid dienone is 5. The van der Waals surface area contributed by atoms with Crippen LogP contribution in [-0.2, 0) is 16.0 Å². The van der Waals surface area contributed by atoms with Crippen LogP contribution >= 0.6 is 0 Å². The molecule has 0 bridgehead atoms. The summed E-state index contributed by atoms with van der Waals surface area (Å²) in [5.74, 6) is 0.955. The average molecular weight is 607 g/mol. The van der Waals surface area contributed by atoms with E-state index in [4.69, 9.17) is 9.73 Å². The Labute approximate surface area is 270 Å². The molecular weight excluding hydrogens is 556 g/mol. The highest BCUT2D eigenvalue weighted by molar-refractivity contribution is 6.13. The number of aryl methyl sites for hydroxylation is 1. The standard InChI is InChI=1S/C39H50N4O2/c1-4-35(44)15-7-5-12-31(18-17-29(2)23-24-40)39-36-21-20-33(43-26-9-13-30-11-6-8-16-37(30)43)27-32(36)19-22-38(41-39)45-28-34-14-10-25-42(34)3/h4,6,8,11-12,16,19,29,33-34H,1,5,7,9-10,13-15,17-18,20-21,23,25-28H2,2-3H3/b31-12-/t29-,33?,34+/m1/s1. The fourth-order valence-electron chi connectivity index (χ4n) is 7.26. The van der Waals surface area contributed by atoms with Crippen LogP contribution < -0.4 is 4.90 Å².